The Kier molecular flexibility index (Phi) is 4.20. The zero-order chi connectivity index (χ0) is 12.3. The molecule has 0 aliphatic heterocycles. The van der Waals surface area contributed by atoms with E-state index in [0.717, 1.165) is 18.5 Å². The van der Waals surface area contributed by atoms with Crippen molar-refractivity contribution in [2.45, 2.75) is 18.9 Å². The summed E-state index contributed by atoms with van der Waals surface area (Å²) in [4.78, 5) is 2.03. The normalized spacial score (nSPS) is 14.5. The van der Waals surface area contributed by atoms with Crippen molar-refractivity contribution >= 4 is 34.6 Å². The first-order chi connectivity index (χ1) is 8.22. The Morgan fingerprint density at radius 3 is 2.76 bits per heavy atom. The molecule has 92 valence electrons. The Labute approximate surface area is 111 Å². The molecular weight excluding hydrogens is 256 g/mol. The van der Waals surface area contributed by atoms with Crippen LogP contribution in [0.2, 0.25) is 5.02 Å². The zero-order valence-corrected chi connectivity index (χ0v) is 11.0. The van der Waals surface area contributed by atoms with Crippen LogP contribution in [0.1, 0.15) is 12.8 Å². The van der Waals surface area contributed by atoms with Gasteiger partial charge < -0.3 is 15.3 Å². The number of anilines is 1. The summed E-state index contributed by atoms with van der Waals surface area (Å²) in [7, 11) is 0. The minimum absolute atomic E-state index is 0.112. The maximum absolute atomic E-state index is 9.03. The SMILES string of the molecule is OCCN(C(=S)Nc1ccccc1Cl)C1CC1. The van der Waals surface area contributed by atoms with E-state index in [-0.39, 0.29) is 6.61 Å². The molecule has 3 nitrogen and oxygen atoms in total. The number of hydrogen-bond acceptors (Lipinski definition) is 2. The van der Waals surface area contributed by atoms with Gasteiger partial charge in [0.1, 0.15) is 0 Å². The third-order valence-electron chi connectivity index (χ3n) is 2.70. The topological polar surface area (TPSA) is 35.5 Å². The number of benzene rings is 1. The van der Waals surface area contributed by atoms with E-state index in [2.05, 4.69) is 5.32 Å². The highest BCUT2D eigenvalue weighted by Crippen LogP contribution is 2.28. The van der Waals surface area contributed by atoms with Gasteiger partial charge in [0.2, 0.25) is 0 Å². The van der Waals surface area contributed by atoms with Gasteiger partial charge >= 0.3 is 0 Å². The number of hydrogen-bond donors (Lipinski definition) is 2. The van der Waals surface area contributed by atoms with Crippen molar-refractivity contribution in [2.24, 2.45) is 0 Å². The van der Waals surface area contributed by atoms with Crippen LogP contribution >= 0.6 is 23.8 Å². The van der Waals surface area contributed by atoms with Crippen LogP contribution in [0.3, 0.4) is 0 Å². The lowest BCUT2D eigenvalue weighted by molar-refractivity contribution is 0.247. The van der Waals surface area contributed by atoms with Crippen LogP contribution in [0, 0.1) is 0 Å². The van der Waals surface area contributed by atoms with Crippen LogP contribution in [-0.4, -0.2) is 34.3 Å². The molecule has 2 rings (SSSR count). The van der Waals surface area contributed by atoms with Crippen LogP contribution in [0.25, 0.3) is 0 Å². The molecule has 1 aromatic rings. The van der Waals surface area contributed by atoms with Crippen LogP contribution < -0.4 is 5.32 Å². The monoisotopic (exact) mass is 270 g/mol. The van der Waals surface area contributed by atoms with Gasteiger partial charge in [0.25, 0.3) is 0 Å². The second kappa shape index (κ2) is 5.67. The summed E-state index contributed by atoms with van der Waals surface area (Å²) in [5.74, 6) is 0. The summed E-state index contributed by atoms with van der Waals surface area (Å²) in [5.41, 5.74) is 0.808. The molecule has 0 aromatic heterocycles. The fraction of sp³-hybridized carbons (Fsp3) is 0.417. The number of nitrogens with zero attached hydrogens (tertiary/aromatic N) is 1. The number of halogens is 1. The highest BCUT2D eigenvalue weighted by atomic mass is 35.5. The van der Waals surface area contributed by atoms with Crippen LogP contribution in [0.15, 0.2) is 24.3 Å². The maximum Gasteiger partial charge on any atom is 0.173 e. The molecule has 0 saturated heterocycles. The number of aliphatic hydroxyl groups is 1. The molecule has 1 saturated carbocycles. The molecule has 2 N–H and O–H groups in total. The first-order valence-electron chi connectivity index (χ1n) is 5.65. The lowest BCUT2D eigenvalue weighted by atomic mass is 10.3. The molecule has 0 amide bonds. The molecule has 0 heterocycles. The second-order valence-corrected chi connectivity index (χ2v) is 4.85. The molecule has 0 spiro atoms. The molecule has 1 aromatic carbocycles. The summed E-state index contributed by atoms with van der Waals surface area (Å²) in [6, 6.07) is 7.97. The predicted molar refractivity (Wildman–Crippen MR) is 74.5 cm³/mol. The minimum atomic E-state index is 0.112. The van der Waals surface area contributed by atoms with E-state index in [9.17, 15) is 0 Å². The Bertz CT molecular complexity index is 409. The van der Waals surface area contributed by atoms with Gasteiger partial charge in [0.15, 0.2) is 5.11 Å². The Morgan fingerprint density at radius 1 is 1.47 bits per heavy atom. The third-order valence-corrected chi connectivity index (χ3v) is 3.37. The van der Waals surface area contributed by atoms with E-state index in [0.29, 0.717) is 22.7 Å². The molecule has 0 bridgehead atoms. The lowest BCUT2D eigenvalue weighted by Crippen LogP contribution is -2.38. The molecule has 17 heavy (non-hydrogen) atoms. The third kappa shape index (κ3) is 3.31. The standard InChI is InChI=1S/C12H15ClN2OS/c13-10-3-1-2-4-11(10)14-12(17)15(7-8-16)9-5-6-9/h1-4,9,16H,5-8H2,(H,14,17). The number of rotatable bonds is 4. The Balaban J connectivity index is 2.02. The van der Waals surface area contributed by atoms with E-state index >= 15 is 0 Å². The minimum Gasteiger partial charge on any atom is -0.395 e. The van der Waals surface area contributed by atoms with Gasteiger partial charge in [-0.25, -0.2) is 0 Å². The van der Waals surface area contributed by atoms with Crippen molar-refractivity contribution in [2.75, 3.05) is 18.5 Å². The molecule has 1 fully saturated rings. The summed E-state index contributed by atoms with van der Waals surface area (Å²) in [5, 5.41) is 13.4. The molecular formula is C12H15ClN2OS. The van der Waals surface area contributed by atoms with Gasteiger partial charge in [-0.2, -0.15) is 0 Å². The quantitative estimate of drug-likeness (QED) is 0.824. The van der Waals surface area contributed by atoms with Crippen molar-refractivity contribution in [3.63, 3.8) is 0 Å². The van der Waals surface area contributed by atoms with Crippen LogP contribution in [0.5, 0.6) is 0 Å². The van der Waals surface area contributed by atoms with Crippen molar-refractivity contribution in [1.82, 2.24) is 4.90 Å². The van der Waals surface area contributed by atoms with Crippen molar-refractivity contribution in [3.8, 4) is 0 Å². The summed E-state index contributed by atoms with van der Waals surface area (Å²) >= 11 is 11.4. The van der Waals surface area contributed by atoms with E-state index in [4.69, 9.17) is 28.9 Å². The molecule has 1 aliphatic rings. The number of thiocarbonyl (C=S) groups is 1. The molecule has 0 radical (unpaired) electrons. The first kappa shape index (κ1) is 12.6. The van der Waals surface area contributed by atoms with E-state index in [1.165, 1.54) is 0 Å². The number of aliphatic hydroxyl groups excluding tert-OH is 1. The zero-order valence-electron chi connectivity index (χ0n) is 9.40. The van der Waals surface area contributed by atoms with Crippen molar-refractivity contribution in [3.05, 3.63) is 29.3 Å². The van der Waals surface area contributed by atoms with Gasteiger partial charge in [0.05, 0.1) is 17.3 Å². The van der Waals surface area contributed by atoms with Gasteiger partial charge in [0, 0.05) is 12.6 Å². The fourth-order valence-corrected chi connectivity index (χ4v) is 2.23. The van der Waals surface area contributed by atoms with E-state index in [1.807, 2.05) is 29.2 Å². The lowest BCUT2D eigenvalue weighted by Gasteiger charge is -2.25. The molecule has 0 atom stereocenters. The summed E-state index contributed by atoms with van der Waals surface area (Å²) in [6.07, 6.45) is 2.29. The second-order valence-electron chi connectivity index (χ2n) is 4.06. The average molecular weight is 271 g/mol. The number of para-hydroxylation sites is 1. The molecule has 0 unspecified atom stereocenters. The number of nitrogens with one attached hydrogen (secondary N) is 1. The van der Waals surface area contributed by atoms with Gasteiger partial charge in [-0.3, -0.25) is 0 Å². The van der Waals surface area contributed by atoms with Crippen LogP contribution in [0.4, 0.5) is 5.69 Å². The Morgan fingerprint density at radius 2 is 2.18 bits per heavy atom. The maximum atomic E-state index is 9.03. The van der Waals surface area contributed by atoms with Crippen LogP contribution in [-0.2, 0) is 0 Å². The van der Waals surface area contributed by atoms with Crippen molar-refractivity contribution in [1.29, 1.82) is 0 Å². The van der Waals surface area contributed by atoms with Gasteiger partial charge in [-0.05, 0) is 37.2 Å². The Hall–Kier alpha value is -0.840. The van der Waals surface area contributed by atoms with Crippen molar-refractivity contribution < 1.29 is 5.11 Å². The predicted octanol–water partition coefficient (Wildman–Crippen LogP) is 2.49. The summed E-state index contributed by atoms with van der Waals surface area (Å²) in [6.45, 7) is 0.682. The van der Waals surface area contributed by atoms with Gasteiger partial charge in [-0.1, -0.05) is 23.7 Å². The fourth-order valence-electron chi connectivity index (χ4n) is 1.69. The smallest absolute Gasteiger partial charge is 0.173 e. The highest BCUT2D eigenvalue weighted by Gasteiger charge is 2.30. The molecule has 1 aliphatic carbocycles. The van der Waals surface area contributed by atoms with E-state index in [1.54, 1.807) is 0 Å². The molecule has 5 heteroatoms. The van der Waals surface area contributed by atoms with E-state index < -0.39 is 0 Å². The largest absolute Gasteiger partial charge is 0.395 e. The highest BCUT2D eigenvalue weighted by molar-refractivity contribution is 7.80. The first-order valence-corrected chi connectivity index (χ1v) is 6.44. The summed E-state index contributed by atoms with van der Waals surface area (Å²) < 4.78 is 0. The average Bonchev–Trinajstić information content (AvgIpc) is 3.13. The van der Waals surface area contributed by atoms with Gasteiger partial charge in [-0.15, -0.1) is 0 Å².